The summed E-state index contributed by atoms with van der Waals surface area (Å²) in [7, 11) is 0. The predicted octanol–water partition coefficient (Wildman–Crippen LogP) is 0.942. The van der Waals surface area contributed by atoms with Crippen LogP contribution in [0.5, 0.6) is 11.6 Å². The van der Waals surface area contributed by atoms with Crippen LogP contribution in [-0.2, 0) is 0 Å². The number of fused-ring (bicyclic) bond motifs is 1. The van der Waals surface area contributed by atoms with E-state index in [2.05, 4.69) is 5.10 Å². The maximum absolute atomic E-state index is 12.2. The number of benzene rings is 1. The van der Waals surface area contributed by atoms with Crippen LogP contribution in [0.25, 0.3) is 0 Å². The fourth-order valence-corrected chi connectivity index (χ4v) is 2.72. The molecule has 1 aliphatic rings. The van der Waals surface area contributed by atoms with E-state index in [1.807, 2.05) is 6.07 Å². The van der Waals surface area contributed by atoms with Crippen LogP contribution < -0.4 is 10.3 Å². The Kier molecular flexibility index (Phi) is 3.34. The third-order valence-electron chi connectivity index (χ3n) is 3.92. The predicted molar refractivity (Wildman–Crippen MR) is 80.2 cm³/mol. The molecule has 0 spiro atoms. The summed E-state index contributed by atoms with van der Waals surface area (Å²) in [4.78, 5) is 12.2. The van der Waals surface area contributed by atoms with Gasteiger partial charge in [0, 0.05) is 17.7 Å². The number of ether oxygens (including phenoxy) is 1. The van der Waals surface area contributed by atoms with Crippen molar-refractivity contribution in [2.75, 3.05) is 0 Å². The van der Waals surface area contributed by atoms with Gasteiger partial charge in [0.25, 0.3) is 5.56 Å². The Morgan fingerprint density at radius 2 is 2.09 bits per heavy atom. The Bertz CT molecular complexity index is 866. The monoisotopic (exact) mass is 313 g/mol. The van der Waals surface area contributed by atoms with E-state index < -0.39 is 23.3 Å². The Morgan fingerprint density at radius 1 is 1.35 bits per heavy atom. The molecule has 2 heterocycles. The van der Waals surface area contributed by atoms with Gasteiger partial charge in [0.2, 0.25) is 5.88 Å². The second-order valence-electron chi connectivity index (χ2n) is 5.93. The van der Waals surface area contributed by atoms with E-state index in [-0.39, 0.29) is 5.88 Å². The highest BCUT2D eigenvalue weighted by atomic mass is 16.5. The lowest BCUT2D eigenvalue weighted by molar-refractivity contribution is -0.0668. The molecule has 0 saturated carbocycles. The van der Waals surface area contributed by atoms with E-state index in [4.69, 9.17) is 10.00 Å². The molecule has 1 aromatic carbocycles. The summed E-state index contributed by atoms with van der Waals surface area (Å²) >= 11 is 0. The zero-order chi connectivity index (χ0) is 16.8. The van der Waals surface area contributed by atoms with Gasteiger partial charge in [-0.1, -0.05) is 0 Å². The highest BCUT2D eigenvalue weighted by Crippen LogP contribution is 2.41. The van der Waals surface area contributed by atoms with Crippen molar-refractivity contribution in [2.45, 2.75) is 31.6 Å². The second kappa shape index (κ2) is 5.11. The molecular formula is C16H15N3O4. The molecule has 1 aromatic heterocycles. The zero-order valence-electron chi connectivity index (χ0n) is 12.6. The van der Waals surface area contributed by atoms with Gasteiger partial charge in [-0.25, -0.2) is 4.68 Å². The highest BCUT2D eigenvalue weighted by molar-refractivity contribution is 5.46. The Morgan fingerprint density at radius 3 is 2.78 bits per heavy atom. The molecule has 0 saturated heterocycles. The molecule has 0 aliphatic carbocycles. The van der Waals surface area contributed by atoms with E-state index in [0.29, 0.717) is 16.9 Å². The van der Waals surface area contributed by atoms with Crippen LogP contribution in [0.2, 0.25) is 0 Å². The van der Waals surface area contributed by atoms with Gasteiger partial charge in [0.15, 0.2) is 0 Å². The summed E-state index contributed by atoms with van der Waals surface area (Å²) < 4.78 is 6.81. The van der Waals surface area contributed by atoms with Crippen LogP contribution in [0.1, 0.15) is 31.0 Å². The summed E-state index contributed by atoms with van der Waals surface area (Å²) in [5.74, 6) is 0.125. The fourth-order valence-electron chi connectivity index (χ4n) is 2.72. The third kappa shape index (κ3) is 2.43. The van der Waals surface area contributed by atoms with Crippen LogP contribution in [-0.4, -0.2) is 31.7 Å². The minimum absolute atomic E-state index is 0.334. The molecule has 2 atom stereocenters. The van der Waals surface area contributed by atoms with Crippen molar-refractivity contribution in [1.82, 2.24) is 9.78 Å². The molecule has 1 aliphatic heterocycles. The van der Waals surface area contributed by atoms with E-state index in [1.165, 1.54) is 12.1 Å². The van der Waals surface area contributed by atoms with Crippen molar-refractivity contribution >= 4 is 0 Å². The van der Waals surface area contributed by atoms with E-state index in [1.54, 1.807) is 32.0 Å². The lowest BCUT2D eigenvalue weighted by atomic mass is 9.86. The standard InChI is InChI=1S/C16H15N3O4/c1-16(2)15(22)14(19-13(21)6-5-12(20)18-19)10-7-9(8-17)3-4-11(10)23-16/h3-7,14-15,22H,1-2H3,(H,18,20). The summed E-state index contributed by atoms with van der Waals surface area (Å²) in [6.07, 6.45) is -1.10. The first-order chi connectivity index (χ1) is 10.8. The van der Waals surface area contributed by atoms with Crippen LogP contribution in [0.4, 0.5) is 0 Å². The van der Waals surface area contributed by atoms with Crippen molar-refractivity contribution in [3.05, 3.63) is 51.8 Å². The minimum atomic E-state index is -1.10. The van der Waals surface area contributed by atoms with Crippen LogP contribution in [0, 0.1) is 11.3 Å². The largest absolute Gasteiger partial charge is 0.492 e. The number of rotatable bonds is 1. The lowest BCUT2D eigenvalue weighted by Gasteiger charge is -2.42. The normalized spacial score (nSPS) is 21.8. The Hall–Kier alpha value is -2.85. The number of hydrogen-bond acceptors (Lipinski definition) is 6. The van der Waals surface area contributed by atoms with Crippen LogP contribution in [0.15, 0.2) is 35.1 Å². The molecule has 118 valence electrons. The van der Waals surface area contributed by atoms with Crippen molar-refractivity contribution in [2.24, 2.45) is 0 Å². The first-order valence-corrected chi connectivity index (χ1v) is 7.03. The summed E-state index contributed by atoms with van der Waals surface area (Å²) in [6.45, 7) is 3.39. The quantitative estimate of drug-likeness (QED) is 0.811. The van der Waals surface area contributed by atoms with Gasteiger partial charge in [-0.3, -0.25) is 4.79 Å². The van der Waals surface area contributed by atoms with Gasteiger partial charge >= 0.3 is 0 Å². The molecule has 7 heteroatoms. The van der Waals surface area contributed by atoms with Gasteiger partial charge in [-0.15, -0.1) is 5.10 Å². The molecule has 2 N–H and O–H groups in total. The van der Waals surface area contributed by atoms with E-state index >= 15 is 0 Å². The van der Waals surface area contributed by atoms with Crippen LogP contribution >= 0.6 is 0 Å². The number of aromatic nitrogens is 2. The molecule has 2 unspecified atom stereocenters. The molecule has 3 rings (SSSR count). The number of hydrogen-bond donors (Lipinski definition) is 2. The summed E-state index contributed by atoms with van der Waals surface area (Å²) in [6, 6.07) is 8.28. The molecular weight excluding hydrogens is 298 g/mol. The fraction of sp³-hybridized carbons (Fsp3) is 0.312. The molecule has 0 amide bonds. The lowest BCUT2D eigenvalue weighted by Crippen LogP contribution is -2.52. The minimum Gasteiger partial charge on any atom is -0.492 e. The van der Waals surface area contributed by atoms with Crippen molar-refractivity contribution in [3.8, 4) is 17.7 Å². The number of aromatic hydroxyl groups is 1. The molecule has 2 aromatic rings. The van der Waals surface area contributed by atoms with Crippen molar-refractivity contribution in [3.63, 3.8) is 0 Å². The second-order valence-corrected chi connectivity index (χ2v) is 5.93. The molecule has 0 fully saturated rings. The maximum atomic E-state index is 12.2. The Labute approximate surface area is 132 Å². The van der Waals surface area contributed by atoms with E-state index in [0.717, 1.165) is 4.68 Å². The highest BCUT2D eigenvalue weighted by Gasteiger charge is 2.44. The number of aliphatic hydroxyl groups excluding tert-OH is 1. The topological polar surface area (TPSA) is 108 Å². The molecule has 0 bridgehead atoms. The zero-order valence-corrected chi connectivity index (χ0v) is 12.6. The maximum Gasteiger partial charge on any atom is 0.267 e. The van der Waals surface area contributed by atoms with Gasteiger partial charge in [0.1, 0.15) is 23.5 Å². The van der Waals surface area contributed by atoms with Crippen LogP contribution in [0.3, 0.4) is 0 Å². The average molecular weight is 313 g/mol. The smallest absolute Gasteiger partial charge is 0.267 e. The number of nitrogens with zero attached hydrogens (tertiary/aromatic N) is 3. The SMILES string of the molecule is CC1(C)Oc2ccc(C#N)cc2C(n2nc(O)ccc2=O)C1O. The van der Waals surface area contributed by atoms with Crippen molar-refractivity contribution < 1.29 is 14.9 Å². The Balaban J connectivity index is 2.28. The van der Waals surface area contributed by atoms with Gasteiger partial charge in [-0.2, -0.15) is 5.26 Å². The van der Waals surface area contributed by atoms with E-state index in [9.17, 15) is 15.0 Å². The third-order valence-corrected chi connectivity index (χ3v) is 3.92. The van der Waals surface area contributed by atoms with Gasteiger partial charge in [-0.05, 0) is 32.0 Å². The van der Waals surface area contributed by atoms with Gasteiger partial charge in [0.05, 0.1) is 11.6 Å². The number of aliphatic hydroxyl groups is 1. The van der Waals surface area contributed by atoms with Gasteiger partial charge < -0.3 is 14.9 Å². The van der Waals surface area contributed by atoms with Crippen molar-refractivity contribution in [1.29, 1.82) is 5.26 Å². The summed E-state index contributed by atoms with van der Waals surface area (Å²) in [5.41, 5.74) is -0.607. The number of nitriles is 1. The molecule has 0 radical (unpaired) electrons. The first-order valence-electron chi connectivity index (χ1n) is 7.03. The molecule has 23 heavy (non-hydrogen) atoms. The summed E-state index contributed by atoms with van der Waals surface area (Å²) in [5, 5.41) is 33.2. The first kappa shape index (κ1) is 15.1. The molecule has 7 nitrogen and oxygen atoms in total. The average Bonchev–Trinajstić information content (AvgIpc) is 2.51.